The summed E-state index contributed by atoms with van der Waals surface area (Å²) in [4.78, 5) is 17.8. The molecule has 0 bridgehead atoms. The molecule has 4 nitrogen and oxygen atoms in total. The number of pyridine rings is 1. The largest absolute Gasteiger partial charge is 0.444 e. The topological polar surface area (TPSA) is 42.4 Å². The Morgan fingerprint density at radius 1 is 1.45 bits per heavy atom. The first-order valence-electron chi connectivity index (χ1n) is 6.92. The molecule has 1 aliphatic heterocycles. The highest BCUT2D eigenvalue weighted by Gasteiger charge is 2.29. The van der Waals surface area contributed by atoms with Crippen LogP contribution in [-0.2, 0) is 10.5 Å². The summed E-state index contributed by atoms with van der Waals surface area (Å²) in [7, 11) is 0. The van der Waals surface area contributed by atoms with Crippen LogP contribution < -0.4 is 0 Å². The minimum absolute atomic E-state index is 0.190. The van der Waals surface area contributed by atoms with Crippen LogP contribution >= 0.6 is 11.8 Å². The molecule has 1 saturated heterocycles. The van der Waals surface area contributed by atoms with Gasteiger partial charge in [-0.15, -0.1) is 0 Å². The lowest BCUT2D eigenvalue weighted by atomic mass is 10.2. The SMILES string of the molecule is CC(C)(C)OC(=O)N1CC[C@@H](SCc2ccncc2)C1. The van der Waals surface area contributed by atoms with Gasteiger partial charge in [-0.3, -0.25) is 4.98 Å². The van der Waals surface area contributed by atoms with E-state index in [0.29, 0.717) is 5.25 Å². The summed E-state index contributed by atoms with van der Waals surface area (Å²) in [5, 5.41) is 0.496. The Kier molecular flexibility index (Phi) is 4.91. The quantitative estimate of drug-likeness (QED) is 0.857. The molecule has 1 aromatic rings. The predicted molar refractivity (Wildman–Crippen MR) is 81.7 cm³/mol. The summed E-state index contributed by atoms with van der Waals surface area (Å²) in [6.07, 6.45) is 4.48. The Bertz CT molecular complexity index is 445. The minimum atomic E-state index is -0.417. The molecule has 0 N–H and O–H groups in total. The molecule has 0 saturated carbocycles. The second-order valence-corrected chi connectivity index (χ2v) is 7.29. The van der Waals surface area contributed by atoms with E-state index >= 15 is 0 Å². The van der Waals surface area contributed by atoms with Crippen LogP contribution in [0.4, 0.5) is 4.79 Å². The zero-order valence-electron chi connectivity index (χ0n) is 12.3. The summed E-state index contributed by atoms with van der Waals surface area (Å²) < 4.78 is 5.40. The minimum Gasteiger partial charge on any atom is -0.444 e. The lowest BCUT2D eigenvalue weighted by Gasteiger charge is -2.24. The fraction of sp³-hybridized carbons (Fsp3) is 0.600. The van der Waals surface area contributed by atoms with Gasteiger partial charge in [0.25, 0.3) is 0 Å². The van der Waals surface area contributed by atoms with Gasteiger partial charge < -0.3 is 9.64 Å². The van der Waals surface area contributed by atoms with E-state index in [4.69, 9.17) is 4.74 Å². The third-order valence-electron chi connectivity index (χ3n) is 3.03. The number of nitrogens with zero attached hydrogens (tertiary/aromatic N) is 2. The van der Waals surface area contributed by atoms with Crippen molar-refractivity contribution in [2.75, 3.05) is 13.1 Å². The van der Waals surface area contributed by atoms with Gasteiger partial charge in [0.1, 0.15) is 5.60 Å². The molecule has 1 aliphatic rings. The second-order valence-electron chi connectivity index (χ2n) is 6.00. The van der Waals surface area contributed by atoms with Gasteiger partial charge in [-0.1, -0.05) is 0 Å². The first kappa shape index (κ1) is 15.2. The molecule has 0 spiro atoms. The van der Waals surface area contributed by atoms with Gasteiger partial charge in [-0.2, -0.15) is 11.8 Å². The van der Waals surface area contributed by atoms with E-state index in [1.165, 1.54) is 5.56 Å². The zero-order chi connectivity index (χ0) is 14.6. The molecule has 0 unspecified atom stereocenters. The Morgan fingerprint density at radius 3 is 2.80 bits per heavy atom. The van der Waals surface area contributed by atoms with Crippen molar-refractivity contribution in [2.45, 2.75) is 43.8 Å². The fourth-order valence-electron chi connectivity index (χ4n) is 2.05. The van der Waals surface area contributed by atoms with Crippen LogP contribution in [0.2, 0.25) is 0 Å². The van der Waals surface area contributed by atoms with Crippen molar-refractivity contribution in [3.63, 3.8) is 0 Å². The Labute approximate surface area is 124 Å². The maximum absolute atomic E-state index is 12.0. The Morgan fingerprint density at radius 2 is 2.15 bits per heavy atom. The van der Waals surface area contributed by atoms with E-state index in [2.05, 4.69) is 4.98 Å². The van der Waals surface area contributed by atoms with Crippen molar-refractivity contribution in [2.24, 2.45) is 0 Å². The van der Waals surface area contributed by atoms with Crippen molar-refractivity contribution in [3.8, 4) is 0 Å². The Balaban J connectivity index is 1.76. The van der Waals surface area contributed by atoms with Crippen LogP contribution in [0.3, 0.4) is 0 Å². The summed E-state index contributed by atoms with van der Waals surface area (Å²) in [5.74, 6) is 0.968. The maximum atomic E-state index is 12.0. The standard InChI is InChI=1S/C15H22N2O2S/c1-15(2,3)19-14(18)17-9-6-13(10-17)20-11-12-4-7-16-8-5-12/h4-5,7-8,13H,6,9-11H2,1-3H3/t13-/m1/s1. The molecule has 0 radical (unpaired) electrons. The number of carbonyl (C=O) groups excluding carboxylic acids is 1. The van der Waals surface area contributed by atoms with E-state index in [9.17, 15) is 4.79 Å². The van der Waals surface area contributed by atoms with E-state index in [1.807, 2.05) is 62.0 Å². The van der Waals surface area contributed by atoms with Crippen LogP contribution in [0, 0.1) is 0 Å². The second kappa shape index (κ2) is 6.48. The Hall–Kier alpha value is -1.23. The number of hydrogen-bond donors (Lipinski definition) is 0. The molecule has 20 heavy (non-hydrogen) atoms. The first-order valence-corrected chi connectivity index (χ1v) is 7.97. The number of hydrogen-bond acceptors (Lipinski definition) is 4. The third kappa shape index (κ3) is 4.71. The molecule has 2 heterocycles. The average Bonchev–Trinajstić information content (AvgIpc) is 2.84. The predicted octanol–water partition coefficient (Wildman–Crippen LogP) is 3.32. The zero-order valence-corrected chi connectivity index (χ0v) is 13.2. The first-order chi connectivity index (χ1) is 9.44. The number of amides is 1. The van der Waals surface area contributed by atoms with Crippen LogP contribution in [0.15, 0.2) is 24.5 Å². The van der Waals surface area contributed by atoms with Gasteiger partial charge in [-0.05, 0) is 44.9 Å². The number of carbonyl (C=O) groups is 1. The molecular weight excluding hydrogens is 272 g/mol. The lowest BCUT2D eigenvalue weighted by Crippen LogP contribution is -2.35. The molecule has 1 atom stereocenters. The highest BCUT2D eigenvalue weighted by atomic mass is 32.2. The molecule has 5 heteroatoms. The van der Waals surface area contributed by atoms with Gasteiger partial charge in [-0.25, -0.2) is 4.79 Å². The lowest BCUT2D eigenvalue weighted by molar-refractivity contribution is 0.0295. The molecule has 1 amide bonds. The molecule has 2 rings (SSSR count). The van der Waals surface area contributed by atoms with E-state index in [-0.39, 0.29) is 6.09 Å². The van der Waals surface area contributed by atoms with Crippen LogP contribution in [0.1, 0.15) is 32.8 Å². The van der Waals surface area contributed by atoms with Gasteiger partial charge in [0, 0.05) is 36.5 Å². The average molecular weight is 294 g/mol. The summed E-state index contributed by atoms with van der Waals surface area (Å²) >= 11 is 1.90. The van der Waals surface area contributed by atoms with Crippen molar-refractivity contribution >= 4 is 17.9 Å². The fourth-order valence-corrected chi connectivity index (χ4v) is 3.23. The molecule has 1 fully saturated rings. The van der Waals surface area contributed by atoms with E-state index in [1.54, 1.807) is 0 Å². The number of likely N-dealkylation sites (tertiary alicyclic amines) is 1. The summed E-state index contributed by atoms with van der Waals surface area (Å²) in [5.41, 5.74) is 0.861. The molecular formula is C15H22N2O2S. The van der Waals surface area contributed by atoms with Crippen LogP contribution in [-0.4, -0.2) is 39.9 Å². The number of aromatic nitrogens is 1. The van der Waals surface area contributed by atoms with Crippen molar-refractivity contribution in [1.29, 1.82) is 0 Å². The van der Waals surface area contributed by atoms with Crippen molar-refractivity contribution < 1.29 is 9.53 Å². The third-order valence-corrected chi connectivity index (χ3v) is 4.39. The number of rotatable bonds is 3. The number of ether oxygens (including phenoxy) is 1. The molecule has 0 aromatic carbocycles. The van der Waals surface area contributed by atoms with Gasteiger partial charge >= 0.3 is 6.09 Å². The molecule has 110 valence electrons. The molecule has 0 aliphatic carbocycles. The van der Waals surface area contributed by atoms with Crippen LogP contribution in [0.25, 0.3) is 0 Å². The highest BCUT2D eigenvalue weighted by molar-refractivity contribution is 7.99. The molecule has 1 aromatic heterocycles. The maximum Gasteiger partial charge on any atom is 0.410 e. The number of thioether (sulfide) groups is 1. The summed E-state index contributed by atoms with van der Waals surface area (Å²) in [6, 6.07) is 4.07. The van der Waals surface area contributed by atoms with E-state index < -0.39 is 5.60 Å². The monoisotopic (exact) mass is 294 g/mol. The van der Waals surface area contributed by atoms with Gasteiger partial charge in [0.05, 0.1) is 0 Å². The highest BCUT2D eigenvalue weighted by Crippen LogP contribution is 2.26. The van der Waals surface area contributed by atoms with Gasteiger partial charge in [0.2, 0.25) is 0 Å². The van der Waals surface area contributed by atoms with E-state index in [0.717, 1.165) is 25.3 Å². The normalized spacial score (nSPS) is 19.1. The smallest absolute Gasteiger partial charge is 0.410 e. The van der Waals surface area contributed by atoms with Gasteiger partial charge in [0.15, 0.2) is 0 Å². The van der Waals surface area contributed by atoms with Crippen molar-refractivity contribution in [1.82, 2.24) is 9.88 Å². The van der Waals surface area contributed by atoms with Crippen LogP contribution in [0.5, 0.6) is 0 Å². The summed E-state index contributed by atoms with van der Waals surface area (Å²) in [6.45, 7) is 7.28. The van der Waals surface area contributed by atoms with Crippen molar-refractivity contribution in [3.05, 3.63) is 30.1 Å².